The SMILES string of the molecule is COc1ccc(-c2nc(C(=O)NCc3ccc(F)cc3)cc3c2[nH]c2ccccc23)cc1. The fraction of sp³-hybridized carbons (Fsp3) is 0.0769. The summed E-state index contributed by atoms with van der Waals surface area (Å²) in [5.41, 5.74) is 4.52. The minimum atomic E-state index is -0.310. The van der Waals surface area contributed by atoms with Gasteiger partial charge in [-0.25, -0.2) is 9.37 Å². The lowest BCUT2D eigenvalue weighted by Gasteiger charge is -2.09. The maximum absolute atomic E-state index is 13.1. The van der Waals surface area contributed by atoms with Gasteiger partial charge in [-0.3, -0.25) is 4.79 Å². The highest BCUT2D eigenvalue weighted by Gasteiger charge is 2.17. The van der Waals surface area contributed by atoms with Crippen LogP contribution in [0.5, 0.6) is 5.75 Å². The molecule has 0 atom stereocenters. The van der Waals surface area contributed by atoms with Crippen LogP contribution in [0.3, 0.4) is 0 Å². The molecule has 2 heterocycles. The van der Waals surface area contributed by atoms with Crippen molar-refractivity contribution in [1.29, 1.82) is 0 Å². The number of hydrogen-bond donors (Lipinski definition) is 2. The second-order valence-corrected chi connectivity index (χ2v) is 7.49. The van der Waals surface area contributed by atoms with Gasteiger partial charge in [-0.1, -0.05) is 30.3 Å². The molecular formula is C26H20FN3O2. The summed E-state index contributed by atoms with van der Waals surface area (Å²) in [7, 11) is 1.62. The van der Waals surface area contributed by atoms with E-state index in [1.807, 2.05) is 48.5 Å². The van der Waals surface area contributed by atoms with Gasteiger partial charge in [0.2, 0.25) is 0 Å². The van der Waals surface area contributed by atoms with Crippen molar-refractivity contribution in [1.82, 2.24) is 15.3 Å². The van der Waals surface area contributed by atoms with E-state index >= 15 is 0 Å². The zero-order chi connectivity index (χ0) is 22.1. The van der Waals surface area contributed by atoms with Crippen LogP contribution in [0.4, 0.5) is 4.39 Å². The number of methoxy groups -OCH3 is 1. The van der Waals surface area contributed by atoms with E-state index in [1.54, 1.807) is 25.3 Å². The van der Waals surface area contributed by atoms with Crippen molar-refractivity contribution < 1.29 is 13.9 Å². The van der Waals surface area contributed by atoms with Crippen molar-refractivity contribution in [3.8, 4) is 17.0 Å². The Balaban J connectivity index is 1.58. The van der Waals surface area contributed by atoms with Crippen molar-refractivity contribution >= 4 is 27.7 Å². The fourth-order valence-corrected chi connectivity index (χ4v) is 3.79. The number of ether oxygens (including phenoxy) is 1. The van der Waals surface area contributed by atoms with Crippen molar-refractivity contribution in [2.24, 2.45) is 0 Å². The number of fused-ring (bicyclic) bond motifs is 3. The maximum Gasteiger partial charge on any atom is 0.270 e. The van der Waals surface area contributed by atoms with Gasteiger partial charge in [0.15, 0.2) is 0 Å². The highest BCUT2D eigenvalue weighted by molar-refractivity contribution is 6.13. The molecule has 2 N–H and O–H groups in total. The maximum atomic E-state index is 13.1. The molecule has 0 aliphatic carbocycles. The molecule has 1 amide bonds. The number of hydrogen-bond acceptors (Lipinski definition) is 3. The van der Waals surface area contributed by atoms with Gasteiger partial charge in [0.25, 0.3) is 5.91 Å². The smallest absolute Gasteiger partial charge is 0.270 e. The van der Waals surface area contributed by atoms with Crippen LogP contribution in [0.15, 0.2) is 78.9 Å². The molecule has 0 bridgehead atoms. The first-order chi connectivity index (χ1) is 15.6. The van der Waals surface area contributed by atoms with Crippen molar-refractivity contribution in [3.05, 3.63) is 95.9 Å². The Morgan fingerprint density at radius 2 is 1.75 bits per heavy atom. The van der Waals surface area contributed by atoms with Gasteiger partial charge in [0.1, 0.15) is 17.3 Å². The first-order valence-electron chi connectivity index (χ1n) is 10.2. The predicted molar refractivity (Wildman–Crippen MR) is 123 cm³/mol. The molecule has 32 heavy (non-hydrogen) atoms. The summed E-state index contributed by atoms with van der Waals surface area (Å²) in [6.45, 7) is 0.282. The number of nitrogens with one attached hydrogen (secondary N) is 2. The van der Waals surface area contributed by atoms with Crippen molar-refractivity contribution in [2.75, 3.05) is 7.11 Å². The lowest BCUT2D eigenvalue weighted by atomic mass is 10.1. The molecule has 0 aliphatic heterocycles. The predicted octanol–water partition coefficient (Wildman–Crippen LogP) is 5.46. The third kappa shape index (κ3) is 3.67. The Morgan fingerprint density at radius 1 is 1.00 bits per heavy atom. The number of halogens is 1. The first-order valence-corrected chi connectivity index (χ1v) is 10.2. The van der Waals surface area contributed by atoms with E-state index in [0.29, 0.717) is 11.4 Å². The number of para-hydroxylation sites is 1. The molecule has 5 aromatic rings. The normalized spacial score (nSPS) is 11.1. The number of aromatic nitrogens is 2. The summed E-state index contributed by atoms with van der Waals surface area (Å²) < 4.78 is 18.4. The van der Waals surface area contributed by atoms with Gasteiger partial charge in [0, 0.05) is 28.4 Å². The van der Waals surface area contributed by atoms with E-state index in [-0.39, 0.29) is 18.3 Å². The molecule has 5 nitrogen and oxygen atoms in total. The van der Waals surface area contributed by atoms with E-state index in [4.69, 9.17) is 9.72 Å². The monoisotopic (exact) mass is 425 g/mol. The summed E-state index contributed by atoms with van der Waals surface area (Å²) >= 11 is 0. The Labute approximate surface area is 183 Å². The minimum absolute atomic E-state index is 0.282. The lowest BCUT2D eigenvalue weighted by molar-refractivity contribution is 0.0946. The number of aromatic amines is 1. The van der Waals surface area contributed by atoms with Crippen LogP contribution in [0.25, 0.3) is 33.1 Å². The van der Waals surface area contributed by atoms with E-state index in [2.05, 4.69) is 10.3 Å². The van der Waals surface area contributed by atoms with E-state index in [9.17, 15) is 9.18 Å². The summed E-state index contributed by atoms with van der Waals surface area (Å²) in [5.74, 6) is 0.141. The summed E-state index contributed by atoms with van der Waals surface area (Å²) in [4.78, 5) is 21.1. The second kappa shape index (κ2) is 8.15. The number of carbonyl (C=O) groups excluding carboxylic acids is 1. The Kier molecular flexibility index (Phi) is 5.03. The van der Waals surface area contributed by atoms with Gasteiger partial charge in [-0.05, 0) is 54.1 Å². The first kappa shape index (κ1) is 19.8. The van der Waals surface area contributed by atoms with Crippen LogP contribution in [0.1, 0.15) is 16.1 Å². The molecule has 0 radical (unpaired) electrons. The average Bonchev–Trinajstić information content (AvgIpc) is 3.22. The summed E-state index contributed by atoms with van der Waals surface area (Å²) in [6, 6.07) is 23.4. The molecule has 0 aliphatic rings. The van der Waals surface area contributed by atoms with E-state index in [0.717, 1.165) is 38.7 Å². The topological polar surface area (TPSA) is 67.0 Å². The summed E-state index contributed by atoms with van der Waals surface area (Å²) in [6.07, 6.45) is 0. The molecular weight excluding hydrogens is 405 g/mol. The Bertz CT molecular complexity index is 1420. The average molecular weight is 425 g/mol. The summed E-state index contributed by atoms with van der Waals surface area (Å²) in [5, 5.41) is 4.83. The van der Waals surface area contributed by atoms with Gasteiger partial charge in [-0.15, -0.1) is 0 Å². The molecule has 2 aromatic heterocycles. The highest BCUT2D eigenvalue weighted by atomic mass is 19.1. The number of carbonyl (C=O) groups is 1. The molecule has 0 saturated heterocycles. The standard InChI is InChI=1S/C26H20FN3O2/c1-32-19-12-8-17(9-13-19)24-25-21(20-4-2-3-5-22(20)29-25)14-23(30-24)26(31)28-15-16-6-10-18(27)11-7-16/h2-14,29H,15H2,1H3,(H,28,31). The second-order valence-electron chi connectivity index (χ2n) is 7.49. The molecule has 0 spiro atoms. The van der Waals surface area contributed by atoms with Crippen molar-refractivity contribution in [2.45, 2.75) is 6.54 Å². The van der Waals surface area contributed by atoms with E-state index in [1.165, 1.54) is 12.1 Å². The van der Waals surface area contributed by atoms with Crippen LogP contribution >= 0.6 is 0 Å². The molecule has 3 aromatic carbocycles. The number of H-pyrrole nitrogens is 1. The number of rotatable bonds is 5. The molecule has 5 rings (SSSR count). The third-order valence-electron chi connectivity index (χ3n) is 5.46. The van der Waals surface area contributed by atoms with Crippen LogP contribution < -0.4 is 10.1 Å². The number of benzene rings is 3. The van der Waals surface area contributed by atoms with Gasteiger partial charge in [0.05, 0.1) is 18.3 Å². The molecule has 158 valence electrons. The van der Waals surface area contributed by atoms with Crippen LogP contribution in [0.2, 0.25) is 0 Å². The number of pyridine rings is 1. The molecule has 0 saturated carbocycles. The van der Waals surface area contributed by atoms with Crippen LogP contribution in [0, 0.1) is 5.82 Å². The van der Waals surface area contributed by atoms with Gasteiger partial charge < -0.3 is 15.0 Å². The Morgan fingerprint density at radius 3 is 2.50 bits per heavy atom. The minimum Gasteiger partial charge on any atom is -0.497 e. The third-order valence-corrected chi connectivity index (χ3v) is 5.46. The van der Waals surface area contributed by atoms with Gasteiger partial charge in [-0.2, -0.15) is 0 Å². The van der Waals surface area contributed by atoms with Crippen LogP contribution in [-0.2, 0) is 6.54 Å². The molecule has 0 unspecified atom stereocenters. The van der Waals surface area contributed by atoms with Crippen molar-refractivity contribution in [3.63, 3.8) is 0 Å². The highest BCUT2D eigenvalue weighted by Crippen LogP contribution is 2.33. The molecule has 0 fully saturated rings. The zero-order valence-corrected chi connectivity index (χ0v) is 17.4. The lowest BCUT2D eigenvalue weighted by Crippen LogP contribution is -2.24. The zero-order valence-electron chi connectivity index (χ0n) is 17.4. The fourth-order valence-electron chi connectivity index (χ4n) is 3.79. The quantitative estimate of drug-likeness (QED) is 0.393. The number of amides is 1. The van der Waals surface area contributed by atoms with Crippen LogP contribution in [-0.4, -0.2) is 23.0 Å². The van der Waals surface area contributed by atoms with Gasteiger partial charge >= 0.3 is 0 Å². The molecule has 6 heteroatoms. The van der Waals surface area contributed by atoms with E-state index < -0.39 is 0 Å². The largest absolute Gasteiger partial charge is 0.497 e. The number of nitrogens with zero attached hydrogens (tertiary/aromatic N) is 1. The Hall–Kier alpha value is -4.19.